The van der Waals surface area contributed by atoms with Crippen LogP contribution in [0.4, 0.5) is 10.1 Å². The van der Waals surface area contributed by atoms with Crippen LogP contribution in [0.2, 0.25) is 0 Å². The molecular weight excluding hydrogens is 291 g/mol. The van der Waals surface area contributed by atoms with Gasteiger partial charge in [-0.05, 0) is 42.5 Å². The first-order valence-corrected chi connectivity index (χ1v) is 7.68. The van der Waals surface area contributed by atoms with Gasteiger partial charge in [0.2, 0.25) is 0 Å². The zero-order valence-electron chi connectivity index (χ0n) is 12.6. The number of anilines is 1. The van der Waals surface area contributed by atoms with E-state index in [1.54, 1.807) is 12.1 Å². The number of benzene rings is 2. The molecule has 116 valence electrons. The Hall–Kier alpha value is -2.59. The minimum atomic E-state index is -0.222. The normalized spacial score (nSPS) is 17.6. The van der Waals surface area contributed by atoms with Crippen LogP contribution in [0.15, 0.2) is 73.1 Å². The van der Waals surface area contributed by atoms with Crippen LogP contribution in [0.5, 0.6) is 0 Å². The third kappa shape index (κ3) is 2.73. The maximum Gasteiger partial charge on any atom is 0.158 e. The van der Waals surface area contributed by atoms with Crippen LogP contribution < -0.4 is 4.90 Å². The molecule has 1 atom stereocenters. The fourth-order valence-electron chi connectivity index (χ4n) is 2.96. The molecule has 0 N–H and O–H groups in total. The summed E-state index contributed by atoms with van der Waals surface area (Å²) in [4.78, 5) is 2.16. The predicted molar refractivity (Wildman–Crippen MR) is 88.2 cm³/mol. The van der Waals surface area contributed by atoms with Gasteiger partial charge in [0.25, 0.3) is 0 Å². The monoisotopic (exact) mass is 308 g/mol. The molecule has 1 saturated heterocycles. The predicted octanol–water partition coefficient (Wildman–Crippen LogP) is 4.15. The van der Waals surface area contributed by atoms with E-state index in [2.05, 4.69) is 33.9 Å². The number of ether oxygens (including phenoxy) is 1. The van der Waals surface area contributed by atoms with Crippen LogP contribution in [0.25, 0.3) is 5.69 Å². The van der Waals surface area contributed by atoms with Crippen LogP contribution >= 0.6 is 0 Å². The van der Waals surface area contributed by atoms with E-state index in [0.29, 0.717) is 6.61 Å². The molecule has 0 spiro atoms. The van der Waals surface area contributed by atoms with E-state index in [1.165, 1.54) is 12.1 Å². The van der Waals surface area contributed by atoms with Gasteiger partial charge < -0.3 is 14.2 Å². The number of halogens is 1. The second-order valence-corrected chi connectivity index (χ2v) is 5.58. The van der Waals surface area contributed by atoms with Gasteiger partial charge in [0.15, 0.2) is 6.23 Å². The molecule has 0 aliphatic carbocycles. The van der Waals surface area contributed by atoms with Gasteiger partial charge >= 0.3 is 0 Å². The van der Waals surface area contributed by atoms with Crippen molar-refractivity contribution in [3.8, 4) is 5.69 Å². The van der Waals surface area contributed by atoms with E-state index in [0.717, 1.165) is 23.5 Å². The number of para-hydroxylation sites is 1. The fourth-order valence-corrected chi connectivity index (χ4v) is 2.96. The van der Waals surface area contributed by atoms with Crippen molar-refractivity contribution < 1.29 is 9.13 Å². The Morgan fingerprint density at radius 1 is 0.913 bits per heavy atom. The van der Waals surface area contributed by atoms with Gasteiger partial charge in [-0.25, -0.2) is 4.39 Å². The third-order valence-electron chi connectivity index (χ3n) is 4.10. The lowest BCUT2D eigenvalue weighted by molar-refractivity contribution is 0.114. The van der Waals surface area contributed by atoms with Crippen LogP contribution in [-0.4, -0.2) is 17.7 Å². The second kappa shape index (κ2) is 5.89. The molecule has 1 fully saturated rings. The topological polar surface area (TPSA) is 17.4 Å². The molecule has 0 saturated carbocycles. The molecule has 1 aliphatic heterocycles. The van der Waals surface area contributed by atoms with Crippen molar-refractivity contribution in [1.29, 1.82) is 0 Å². The summed E-state index contributed by atoms with van der Waals surface area (Å²) in [5.74, 6) is -0.222. The quantitative estimate of drug-likeness (QED) is 0.723. The van der Waals surface area contributed by atoms with E-state index in [1.807, 2.05) is 24.4 Å². The highest BCUT2D eigenvalue weighted by Gasteiger charge is 2.27. The lowest BCUT2D eigenvalue weighted by atomic mass is 10.2. The van der Waals surface area contributed by atoms with Crippen LogP contribution in [0.3, 0.4) is 0 Å². The lowest BCUT2D eigenvalue weighted by Gasteiger charge is -2.24. The van der Waals surface area contributed by atoms with Gasteiger partial charge in [0.05, 0.1) is 6.61 Å². The van der Waals surface area contributed by atoms with Gasteiger partial charge in [0.1, 0.15) is 5.82 Å². The molecule has 0 radical (unpaired) electrons. The highest BCUT2D eigenvalue weighted by molar-refractivity contribution is 5.49. The van der Waals surface area contributed by atoms with E-state index in [4.69, 9.17) is 4.74 Å². The fraction of sp³-hybridized carbons (Fsp3) is 0.158. The van der Waals surface area contributed by atoms with Crippen LogP contribution in [0, 0.1) is 5.82 Å². The van der Waals surface area contributed by atoms with Gasteiger partial charge in [-0.1, -0.05) is 18.2 Å². The molecule has 0 bridgehead atoms. The Kier molecular flexibility index (Phi) is 3.60. The Labute approximate surface area is 134 Å². The average Bonchev–Trinajstić information content (AvgIpc) is 3.25. The van der Waals surface area contributed by atoms with Crippen molar-refractivity contribution in [2.75, 3.05) is 18.1 Å². The molecule has 4 heteroatoms. The standard InChI is InChI=1S/C19H17FN2O/c20-16-6-8-18(9-7-16)22-12-13-23-19(22)15-10-11-21(14-15)17-4-2-1-3-5-17/h1-11,14,19H,12-13H2/t19-/m1/s1. The van der Waals surface area contributed by atoms with Crippen molar-refractivity contribution in [2.45, 2.75) is 6.23 Å². The van der Waals surface area contributed by atoms with Crippen molar-refractivity contribution in [3.05, 3.63) is 84.4 Å². The Bertz CT molecular complexity index is 783. The summed E-state index contributed by atoms with van der Waals surface area (Å²) >= 11 is 0. The van der Waals surface area contributed by atoms with Gasteiger partial charge in [-0.15, -0.1) is 0 Å². The SMILES string of the molecule is Fc1ccc(N2CCO[C@@H]2c2ccn(-c3ccccc3)c2)cc1. The first-order valence-electron chi connectivity index (χ1n) is 7.68. The van der Waals surface area contributed by atoms with E-state index >= 15 is 0 Å². The van der Waals surface area contributed by atoms with Crippen molar-refractivity contribution in [1.82, 2.24) is 4.57 Å². The summed E-state index contributed by atoms with van der Waals surface area (Å²) < 4.78 is 21.1. The number of rotatable bonds is 3. The summed E-state index contributed by atoms with van der Waals surface area (Å²) in [6.45, 7) is 1.46. The molecule has 1 aliphatic rings. The number of nitrogens with zero attached hydrogens (tertiary/aromatic N) is 2. The maximum absolute atomic E-state index is 13.1. The van der Waals surface area contributed by atoms with Gasteiger partial charge in [0, 0.05) is 35.9 Å². The molecule has 3 aromatic rings. The molecule has 3 nitrogen and oxygen atoms in total. The van der Waals surface area contributed by atoms with Gasteiger partial charge in [-0.2, -0.15) is 0 Å². The molecule has 0 unspecified atom stereocenters. The Morgan fingerprint density at radius 3 is 2.48 bits per heavy atom. The molecular formula is C19H17FN2O. The van der Waals surface area contributed by atoms with E-state index < -0.39 is 0 Å². The minimum absolute atomic E-state index is 0.134. The minimum Gasteiger partial charge on any atom is -0.352 e. The maximum atomic E-state index is 13.1. The average molecular weight is 308 g/mol. The molecule has 2 heterocycles. The first-order chi connectivity index (χ1) is 11.3. The Morgan fingerprint density at radius 2 is 1.70 bits per heavy atom. The molecule has 23 heavy (non-hydrogen) atoms. The van der Waals surface area contributed by atoms with Crippen molar-refractivity contribution in [2.24, 2.45) is 0 Å². The summed E-state index contributed by atoms with van der Waals surface area (Å²) in [6, 6.07) is 18.8. The smallest absolute Gasteiger partial charge is 0.158 e. The lowest BCUT2D eigenvalue weighted by Crippen LogP contribution is -2.22. The van der Waals surface area contributed by atoms with Crippen LogP contribution in [0.1, 0.15) is 11.8 Å². The van der Waals surface area contributed by atoms with Crippen LogP contribution in [-0.2, 0) is 4.74 Å². The summed E-state index contributed by atoms with van der Waals surface area (Å²) in [6.07, 6.45) is 3.99. The second-order valence-electron chi connectivity index (χ2n) is 5.58. The highest BCUT2D eigenvalue weighted by Crippen LogP contribution is 2.32. The summed E-state index contributed by atoms with van der Waals surface area (Å²) in [5.41, 5.74) is 3.18. The molecule has 2 aromatic carbocycles. The van der Waals surface area contributed by atoms with E-state index in [9.17, 15) is 4.39 Å². The number of hydrogen-bond donors (Lipinski definition) is 0. The Balaban J connectivity index is 1.62. The molecule has 4 rings (SSSR count). The molecule has 1 aromatic heterocycles. The largest absolute Gasteiger partial charge is 0.352 e. The zero-order valence-corrected chi connectivity index (χ0v) is 12.6. The summed E-state index contributed by atoms with van der Waals surface area (Å²) in [5, 5.41) is 0. The van der Waals surface area contributed by atoms with Crippen molar-refractivity contribution in [3.63, 3.8) is 0 Å². The van der Waals surface area contributed by atoms with Gasteiger partial charge in [-0.3, -0.25) is 0 Å². The number of aromatic nitrogens is 1. The number of hydrogen-bond acceptors (Lipinski definition) is 2. The molecule has 0 amide bonds. The highest BCUT2D eigenvalue weighted by atomic mass is 19.1. The first kappa shape index (κ1) is 14.0. The third-order valence-corrected chi connectivity index (χ3v) is 4.10. The zero-order chi connectivity index (χ0) is 15.6. The van der Waals surface area contributed by atoms with E-state index in [-0.39, 0.29) is 12.0 Å². The summed E-state index contributed by atoms with van der Waals surface area (Å²) in [7, 11) is 0. The van der Waals surface area contributed by atoms with Crippen molar-refractivity contribution >= 4 is 5.69 Å².